The van der Waals surface area contributed by atoms with E-state index >= 15 is 0 Å². The summed E-state index contributed by atoms with van der Waals surface area (Å²) in [6.45, 7) is 12.8. The van der Waals surface area contributed by atoms with Gasteiger partial charge in [-0.05, 0) is 43.7 Å². The van der Waals surface area contributed by atoms with Gasteiger partial charge in [-0.15, -0.1) is 0 Å². The van der Waals surface area contributed by atoms with E-state index in [-0.39, 0.29) is 22.8 Å². The lowest BCUT2D eigenvalue weighted by atomic mass is 9.91. The maximum absolute atomic E-state index is 12.7. The van der Waals surface area contributed by atoms with E-state index in [4.69, 9.17) is 0 Å². The van der Waals surface area contributed by atoms with Crippen molar-refractivity contribution in [2.75, 3.05) is 13.6 Å². The number of carbonyl (C=O) groups excluding carboxylic acids is 1. The minimum absolute atomic E-state index is 0.184. The Bertz CT molecular complexity index is 1060. The van der Waals surface area contributed by atoms with Gasteiger partial charge in [-0.25, -0.2) is 0 Å². The second-order valence-corrected chi connectivity index (χ2v) is 8.00. The molecule has 2 aromatic rings. The molecular formula is C25H32N4O2. The topological polar surface area (TPSA) is 68.1 Å². The van der Waals surface area contributed by atoms with Crippen molar-refractivity contribution in [1.29, 1.82) is 0 Å². The predicted octanol–water partition coefficient (Wildman–Crippen LogP) is 4.60. The number of nitrogens with zero attached hydrogens (tertiary/aromatic N) is 4. The van der Waals surface area contributed by atoms with Gasteiger partial charge in [0.1, 0.15) is 0 Å². The summed E-state index contributed by atoms with van der Waals surface area (Å²) in [6, 6.07) is 3.73. The highest BCUT2D eigenvalue weighted by atomic mass is 16.1. The standard InChI is InChI=1S/C23H26N4O2.C2H6/c1-5-18-12-26(4)23(20-10-21(29)19(15(3)28)13-27(18)20)22(14(2)16-6-7-16)17-8-9-24-25-11-17;1-2/h8-11,13,16,18H,2,5-7,12H2,1,3-4H3;1-2H3/b23-22+;/t18-;/m1./s1. The fraction of sp³-hybridized carbons (Fsp3) is 0.440. The minimum atomic E-state index is -0.240. The molecule has 2 aromatic heterocycles. The van der Waals surface area contributed by atoms with Crippen molar-refractivity contribution in [2.45, 2.75) is 53.0 Å². The van der Waals surface area contributed by atoms with Crippen LogP contribution in [0.15, 0.2) is 47.7 Å². The van der Waals surface area contributed by atoms with Gasteiger partial charge < -0.3 is 9.47 Å². The third-order valence-corrected chi connectivity index (χ3v) is 5.93. The molecule has 1 aliphatic carbocycles. The number of ketones is 1. The lowest BCUT2D eigenvalue weighted by molar-refractivity contribution is 0.101. The molecule has 1 saturated carbocycles. The normalized spacial score (nSPS) is 19.1. The molecule has 1 atom stereocenters. The van der Waals surface area contributed by atoms with E-state index in [0.717, 1.165) is 53.9 Å². The fourth-order valence-corrected chi connectivity index (χ4v) is 4.19. The molecule has 0 unspecified atom stereocenters. The molecule has 0 amide bonds. The zero-order chi connectivity index (χ0) is 22.7. The molecule has 0 spiro atoms. The molecule has 6 nitrogen and oxygen atoms in total. The fourth-order valence-electron chi connectivity index (χ4n) is 4.19. The average Bonchev–Trinajstić information content (AvgIpc) is 3.62. The van der Waals surface area contributed by atoms with Crippen LogP contribution in [-0.2, 0) is 0 Å². The zero-order valence-corrected chi connectivity index (χ0v) is 19.2. The first-order valence-electron chi connectivity index (χ1n) is 11.1. The van der Waals surface area contributed by atoms with Crippen LogP contribution >= 0.6 is 0 Å². The van der Waals surface area contributed by atoms with E-state index in [0.29, 0.717) is 5.92 Å². The zero-order valence-electron chi connectivity index (χ0n) is 19.2. The molecule has 0 aromatic carbocycles. The Kier molecular flexibility index (Phi) is 6.88. The molecule has 164 valence electrons. The summed E-state index contributed by atoms with van der Waals surface area (Å²) in [4.78, 5) is 26.9. The van der Waals surface area contributed by atoms with Gasteiger partial charge in [0.25, 0.3) is 0 Å². The SMILES string of the molecule is C=C(/C(=C1/c2cc(=O)c(C(C)=O)cn2[C@H](CC)CN1C)c1ccnnc1)C1CC1.CC. The summed E-state index contributed by atoms with van der Waals surface area (Å²) in [5, 5.41) is 7.99. The molecule has 0 bridgehead atoms. The van der Waals surface area contributed by atoms with E-state index in [9.17, 15) is 9.59 Å². The monoisotopic (exact) mass is 420 g/mol. The number of fused-ring (bicyclic) bond motifs is 1. The van der Waals surface area contributed by atoms with Crippen molar-refractivity contribution in [1.82, 2.24) is 19.7 Å². The van der Waals surface area contributed by atoms with Gasteiger partial charge in [-0.2, -0.15) is 10.2 Å². The summed E-state index contributed by atoms with van der Waals surface area (Å²) in [6.07, 6.45) is 8.34. The summed E-state index contributed by atoms with van der Waals surface area (Å²) in [5.74, 6) is 0.255. The van der Waals surface area contributed by atoms with Crippen molar-refractivity contribution in [3.05, 3.63) is 69.9 Å². The Morgan fingerprint density at radius 2 is 1.97 bits per heavy atom. The van der Waals surface area contributed by atoms with Gasteiger partial charge in [0.15, 0.2) is 11.2 Å². The van der Waals surface area contributed by atoms with Crippen LogP contribution in [0, 0.1) is 5.92 Å². The number of hydrogen-bond donors (Lipinski definition) is 0. The number of hydrogen-bond acceptors (Lipinski definition) is 5. The van der Waals surface area contributed by atoms with Crippen molar-refractivity contribution >= 4 is 17.1 Å². The van der Waals surface area contributed by atoms with Crippen molar-refractivity contribution in [3.8, 4) is 0 Å². The number of carbonyl (C=O) groups is 1. The molecule has 0 radical (unpaired) electrons. The van der Waals surface area contributed by atoms with Crippen LogP contribution in [0.3, 0.4) is 0 Å². The first-order valence-corrected chi connectivity index (χ1v) is 11.1. The molecule has 4 rings (SSSR count). The molecule has 6 heteroatoms. The van der Waals surface area contributed by atoms with Crippen molar-refractivity contribution in [3.63, 3.8) is 0 Å². The van der Waals surface area contributed by atoms with Gasteiger partial charge >= 0.3 is 0 Å². The van der Waals surface area contributed by atoms with Crippen LogP contribution in [0.1, 0.15) is 74.6 Å². The van der Waals surface area contributed by atoms with E-state index in [1.54, 1.807) is 24.7 Å². The highest BCUT2D eigenvalue weighted by Crippen LogP contribution is 2.46. The van der Waals surface area contributed by atoms with Crippen LogP contribution in [0.5, 0.6) is 0 Å². The third-order valence-electron chi connectivity index (χ3n) is 5.93. The third kappa shape index (κ3) is 4.38. The quantitative estimate of drug-likeness (QED) is 0.662. The molecule has 1 fully saturated rings. The molecule has 0 N–H and O–H groups in total. The second kappa shape index (κ2) is 9.41. The predicted molar refractivity (Wildman–Crippen MR) is 125 cm³/mol. The van der Waals surface area contributed by atoms with Crippen LogP contribution in [-0.4, -0.2) is 39.0 Å². The maximum Gasteiger partial charge on any atom is 0.193 e. The molecule has 1 aliphatic heterocycles. The highest BCUT2D eigenvalue weighted by molar-refractivity contribution is 5.98. The Labute approximate surface area is 184 Å². The van der Waals surface area contributed by atoms with E-state index in [1.165, 1.54) is 6.92 Å². The van der Waals surface area contributed by atoms with Crippen LogP contribution in [0.4, 0.5) is 0 Å². The first-order chi connectivity index (χ1) is 14.9. The van der Waals surface area contributed by atoms with Gasteiger partial charge in [-0.3, -0.25) is 9.59 Å². The van der Waals surface area contributed by atoms with Crippen LogP contribution in [0.2, 0.25) is 0 Å². The molecule has 0 saturated heterocycles. The van der Waals surface area contributed by atoms with Gasteiger partial charge in [0, 0.05) is 37.0 Å². The lowest BCUT2D eigenvalue weighted by Crippen LogP contribution is -2.37. The first kappa shape index (κ1) is 22.7. The summed E-state index contributed by atoms with van der Waals surface area (Å²) < 4.78 is 2.10. The number of rotatable bonds is 5. The van der Waals surface area contributed by atoms with E-state index in [2.05, 4.69) is 40.2 Å². The number of pyridine rings is 1. The largest absolute Gasteiger partial charge is 0.370 e. The molecule has 2 aliphatic rings. The Hall–Kier alpha value is -3.02. The molecular weight excluding hydrogens is 388 g/mol. The second-order valence-electron chi connectivity index (χ2n) is 8.00. The number of likely N-dealkylation sites (N-methyl/N-ethyl adjacent to an activating group) is 1. The van der Waals surface area contributed by atoms with Crippen molar-refractivity contribution in [2.24, 2.45) is 5.92 Å². The number of aromatic nitrogens is 3. The molecule has 31 heavy (non-hydrogen) atoms. The maximum atomic E-state index is 12.7. The Morgan fingerprint density at radius 3 is 2.52 bits per heavy atom. The summed E-state index contributed by atoms with van der Waals surface area (Å²) in [7, 11) is 2.06. The van der Waals surface area contributed by atoms with Crippen LogP contribution in [0.25, 0.3) is 11.3 Å². The average molecular weight is 421 g/mol. The van der Waals surface area contributed by atoms with Gasteiger partial charge in [-0.1, -0.05) is 27.4 Å². The highest BCUT2D eigenvalue weighted by Gasteiger charge is 2.34. The number of allylic oxidation sites excluding steroid dienone is 2. The Morgan fingerprint density at radius 1 is 1.26 bits per heavy atom. The molecule has 3 heterocycles. The Balaban J connectivity index is 0.00000132. The van der Waals surface area contributed by atoms with Crippen LogP contribution < -0.4 is 5.43 Å². The summed E-state index contributed by atoms with van der Waals surface area (Å²) >= 11 is 0. The van der Waals surface area contributed by atoms with Gasteiger partial charge in [0.2, 0.25) is 0 Å². The lowest BCUT2D eigenvalue weighted by Gasteiger charge is -2.39. The number of Topliss-reactive ketones (excluding diaryl/α,β-unsaturated/α-hetero) is 1. The minimum Gasteiger partial charge on any atom is -0.370 e. The summed E-state index contributed by atoms with van der Waals surface area (Å²) in [5.41, 5.74) is 4.83. The van der Waals surface area contributed by atoms with E-state index in [1.807, 2.05) is 19.9 Å². The van der Waals surface area contributed by atoms with Crippen molar-refractivity contribution < 1.29 is 4.79 Å². The van der Waals surface area contributed by atoms with Gasteiger partial charge in [0.05, 0.1) is 35.4 Å². The smallest absolute Gasteiger partial charge is 0.193 e. The van der Waals surface area contributed by atoms with E-state index < -0.39 is 0 Å².